The summed E-state index contributed by atoms with van der Waals surface area (Å²) in [6, 6.07) is -0.719. The zero-order valence-electron chi connectivity index (χ0n) is 38.2. The standard InChI is InChI=1S/C52H93NO5/c1-4-7-10-13-16-19-22-25-28-31-34-37-40-43-48(58-52(57)45-42-39-36-33-30-27-24-21-18-15-12-9-6-3)46-51(56)53-49(47-54)50(55)44-41-38-35-32-29-26-23-20-17-14-11-8-5-2/h7,10,13,16,19,22,27,30,36,39,48-50,54-55H,4-6,8-9,11-12,14-15,17-18,20-21,23-26,28-29,31-35,37-38,40-47H2,1-3H3,(H,53,56)/b10-7+,16-13+,22-19+,30-27-,39-36+. The predicted molar refractivity (Wildman–Crippen MR) is 250 cm³/mol. The first kappa shape index (κ1) is 55.6. The van der Waals surface area contributed by atoms with Crippen molar-refractivity contribution in [3.05, 3.63) is 60.8 Å². The van der Waals surface area contributed by atoms with Crippen LogP contribution in [0.15, 0.2) is 60.8 Å². The Labute approximate surface area is 358 Å². The van der Waals surface area contributed by atoms with Crippen molar-refractivity contribution in [2.45, 2.75) is 251 Å². The number of carbonyl (C=O) groups excluding carboxylic acids is 2. The van der Waals surface area contributed by atoms with E-state index >= 15 is 0 Å². The zero-order chi connectivity index (χ0) is 42.4. The van der Waals surface area contributed by atoms with Crippen LogP contribution in [0.25, 0.3) is 0 Å². The molecule has 3 N–H and O–H groups in total. The van der Waals surface area contributed by atoms with Gasteiger partial charge in [0.2, 0.25) is 5.91 Å². The maximum Gasteiger partial charge on any atom is 0.306 e. The van der Waals surface area contributed by atoms with Gasteiger partial charge in [-0.15, -0.1) is 0 Å². The highest BCUT2D eigenvalue weighted by Gasteiger charge is 2.24. The predicted octanol–water partition coefficient (Wildman–Crippen LogP) is 14.5. The maximum absolute atomic E-state index is 13.2. The molecule has 0 aromatic carbocycles. The molecule has 58 heavy (non-hydrogen) atoms. The van der Waals surface area contributed by atoms with Crippen LogP contribution < -0.4 is 5.32 Å². The van der Waals surface area contributed by atoms with Gasteiger partial charge >= 0.3 is 5.97 Å². The summed E-state index contributed by atoms with van der Waals surface area (Å²) in [6.07, 6.45) is 55.7. The molecule has 0 radical (unpaired) electrons. The third kappa shape index (κ3) is 40.3. The summed E-state index contributed by atoms with van der Waals surface area (Å²) in [5.41, 5.74) is 0. The molecule has 3 unspecified atom stereocenters. The normalized spacial score (nSPS) is 13.8. The maximum atomic E-state index is 13.2. The lowest BCUT2D eigenvalue weighted by atomic mass is 10.0. The number of hydrogen-bond acceptors (Lipinski definition) is 5. The largest absolute Gasteiger partial charge is 0.462 e. The molecule has 0 spiro atoms. The van der Waals surface area contributed by atoms with Crippen LogP contribution >= 0.6 is 0 Å². The Morgan fingerprint density at radius 2 is 1.00 bits per heavy atom. The van der Waals surface area contributed by atoms with E-state index in [1.54, 1.807) is 0 Å². The van der Waals surface area contributed by atoms with Gasteiger partial charge in [0.25, 0.3) is 0 Å². The average molecular weight is 812 g/mol. The number of unbranched alkanes of at least 4 members (excludes halogenated alkanes) is 23. The first-order valence-electron chi connectivity index (χ1n) is 24.5. The Hall–Kier alpha value is -2.44. The van der Waals surface area contributed by atoms with Crippen LogP contribution in [0.3, 0.4) is 0 Å². The molecule has 0 fully saturated rings. The lowest BCUT2D eigenvalue weighted by Gasteiger charge is -2.24. The van der Waals surface area contributed by atoms with E-state index in [1.165, 1.54) is 103 Å². The molecule has 1 amide bonds. The molecule has 0 aliphatic heterocycles. The lowest BCUT2D eigenvalue weighted by Crippen LogP contribution is -2.46. The molecule has 0 aromatic heterocycles. The van der Waals surface area contributed by atoms with E-state index in [2.05, 4.69) is 80.8 Å². The van der Waals surface area contributed by atoms with Gasteiger partial charge in [-0.25, -0.2) is 0 Å². The zero-order valence-corrected chi connectivity index (χ0v) is 38.2. The monoisotopic (exact) mass is 812 g/mol. The van der Waals surface area contributed by atoms with Gasteiger partial charge in [0.1, 0.15) is 6.10 Å². The summed E-state index contributed by atoms with van der Waals surface area (Å²) in [7, 11) is 0. The van der Waals surface area contributed by atoms with Crippen molar-refractivity contribution in [2.75, 3.05) is 6.61 Å². The molecule has 6 nitrogen and oxygen atoms in total. The molecule has 0 rings (SSSR count). The minimum atomic E-state index is -0.802. The highest BCUT2D eigenvalue weighted by molar-refractivity contribution is 5.77. The van der Waals surface area contributed by atoms with E-state index in [-0.39, 0.29) is 31.3 Å². The number of carbonyl (C=O) groups is 2. The van der Waals surface area contributed by atoms with Crippen LogP contribution in [-0.4, -0.2) is 46.9 Å². The van der Waals surface area contributed by atoms with Gasteiger partial charge < -0.3 is 20.3 Å². The smallest absolute Gasteiger partial charge is 0.306 e. The summed E-state index contributed by atoms with van der Waals surface area (Å²) in [4.78, 5) is 26.0. The van der Waals surface area contributed by atoms with E-state index in [4.69, 9.17) is 4.74 Å². The Morgan fingerprint density at radius 3 is 1.53 bits per heavy atom. The second kappa shape index (κ2) is 45.6. The third-order valence-corrected chi connectivity index (χ3v) is 10.9. The summed E-state index contributed by atoms with van der Waals surface area (Å²) >= 11 is 0. The lowest BCUT2D eigenvalue weighted by molar-refractivity contribution is -0.150. The fraction of sp³-hybridized carbons (Fsp3) is 0.769. The first-order valence-corrected chi connectivity index (χ1v) is 24.5. The summed E-state index contributed by atoms with van der Waals surface area (Å²) in [6.45, 7) is 6.32. The number of nitrogens with one attached hydrogen (secondary N) is 1. The van der Waals surface area contributed by atoms with E-state index < -0.39 is 18.2 Å². The minimum absolute atomic E-state index is 0.0404. The summed E-state index contributed by atoms with van der Waals surface area (Å²) < 4.78 is 5.87. The number of ether oxygens (including phenoxy) is 1. The minimum Gasteiger partial charge on any atom is -0.462 e. The molecule has 0 aliphatic carbocycles. The number of hydrogen-bond donors (Lipinski definition) is 3. The first-order chi connectivity index (χ1) is 28.5. The van der Waals surface area contributed by atoms with E-state index in [1.807, 2.05) is 6.08 Å². The molecule has 0 aromatic rings. The van der Waals surface area contributed by atoms with Gasteiger partial charge in [-0.05, 0) is 64.2 Å². The quantitative estimate of drug-likeness (QED) is 0.0247. The molecule has 0 saturated carbocycles. The number of aliphatic hydroxyl groups is 2. The molecule has 0 bridgehead atoms. The SMILES string of the molecule is CC/C=C/C=C/C=C/CCCCCCCC(CC(=O)NC(CO)C(O)CCCCCCCCCCCCCCC)OC(=O)CC/C=C/C/C=C\CCCCCCCC. The van der Waals surface area contributed by atoms with Crippen molar-refractivity contribution in [3.63, 3.8) is 0 Å². The topological polar surface area (TPSA) is 95.9 Å². The second-order valence-electron chi connectivity index (χ2n) is 16.5. The number of aliphatic hydroxyl groups excluding tert-OH is 2. The average Bonchev–Trinajstić information content (AvgIpc) is 3.22. The number of allylic oxidation sites excluding steroid dienone is 10. The highest BCUT2D eigenvalue weighted by atomic mass is 16.5. The van der Waals surface area contributed by atoms with Gasteiger partial charge in [-0.1, -0.05) is 216 Å². The fourth-order valence-electron chi connectivity index (χ4n) is 7.19. The molecule has 6 heteroatoms. The molecule has 0 heterocycles. The van der Waals surface area contributed by atoms with Crippen LogP contribution in [0.5, 0.6) is 0 Å². The Bertz CT molecular complexity index is 1050. The Morgan fingerprint density at radius 1 is 0.534 bits per heavy atom. The van der Waals surface area contributed by atoms with E-state index in [0.29, 0.717) is 19.3 Å². The number of rotatable bonds is 43. The summed E-state index contributed by atoms with van der Waals surface area (Å²) in [5.74, 6) is -0.576. The van der Waals surface area contributed by atoms with Crippen LogP contribution in [0.1, 0.15) is 233 Å². The van der Waals surface area contributed by atoms with Crippen molar-refractivity contribution < 1.29 is 24.5 Å². The van der Waals surface area contributed by atoms with Gasteiger partial charge in [0.05, 0.1) is 25.2 Å². The number of amides is 1. The highest BCUT2D eigenvalue weighted by Crippen LogP contribution is 2.17. The van der Waals surface area contributed by atoms with Crippen molar-refractivity contribution in [1.29, 1.82) is 0 Å². The van der Waals surface area contributed by atoms with Crippen LogP contribution in [0.4, 0.5) is 0 Å². The molecular formula is C52H93NO5. The van der Waals surface area contributed by atoms with Gasteiger partial charge in [0, 0.05) is 6.42 Å². The van der Waals surface area contributed by atoms with E-state index in [0.717, 1.165) is 77.0 Å². The summed E-state index contributed by atoms with van der Waals surface area (Å²) in [5, 5.41) is 23.7. The van der Waals surface area contributed by atoms with E-state index in [9.17, 15) is 19.8 Å². The van der Waals surface area contributed by atoms with Crippen LogP contribution in [-0.2, 0) is 14.3 Å². The van der Waals surface area contributed by atoms with Gasteiger partial charge in [-0.3, -0.25) is 9.59 Å². The molecule has 0 saturated heterocycles. The third-order valence-electron chi connectivity index (χ3n) is 10.9. The Balaban J connectivity index is 4.68. The van der Waals surface area contributed by atoms with Crippen molar-refractivity contribution in [1.82, 2.24) is 5.32 Å². The fourth-order valence-corrected chi connectivity index (χ4v) is 7.19. The molecule has 3 atom stereocenters. The van der Waals surface area contributed by atoms with Gasteiger partial charge in [-0.2, -0.15) is 0 Å². The molecular weight excluding hydrogens is 719 g/mol. The number of esters is 1. The van der Waals surface area contributed by atoms with Crippen molar-refractivity contribution in [2.24, 2.45) is 0 Å². The second-order valence-corrected chi connectivity index (χ2v) is 16.5. The van der Waals surface area contributed by atoms with Crippen molar-refractivity contribution >= 4 is 11.9 Å². The van der Waals surface area contributed by atoms with Crippen LogP contribution in [0, 0.1) is 0 Å². The van der Waals surface area contributed by atoms with Crippen LogP contribution in [0.2, 0.25) is 0 Å². The molecule has 0 aliphatic rings. The molecule has 336 valence electrons. The Kier molecular flexibility index (Phi) is 43.7. The van der Waals surface area contributed by atoms with Gasteiger partial charge in [0.15, 0.2) is 0 Å². The van der Waals surface area contributed by atoms with Crippen molar-refractivity contribution in [3.8, 4) is 0 Å².